The lowest BCUT2D eigenvalue weighted by atomic mass is 10.1. The number of aryl methyl sites for hydroxylation is 1. The fraction of sp³-hybridized carbons (Fsp3) is 0.217. The number of benzene rings is 2. The normalized spacial score (nSPS) is 11.1. The van der Waals surface area contributed by atoms with Crippen LogP contribution in [0.15, 0.2) is 60.9 Å². The number of nitrogens with zero attached hydrogens (tertiary/aromatic N) is 3. The Bertz CT molecular complexity index is 1100. The van der Waals surface area contributed by atoms with Gasteiger partial charge in [0, 0.05) is 18.8 Å². The molecule has 0 spiro atoms. The van der Waals surface area contributed by atoms with Crippen LogP contribution in [0.2, 0.25) is 0 Å². The second-order valence-electron chi connectivity index (χ2n) is 7.01. The molecule has 1 N–H and O–H groups in total. The fourth-order valence-electron chi connectivity index (χ4n) is 3.58. The van der Waals surface area contributed by atoms with Crippen LogP contribution in [0.5, 0.6) is 0 Å². The van der Waals surface area contributed by atoms with E-state index < -0.39 is 0 Å². The summed E-state index contributed by atoms with van der Waals surface area (Å²) < 4.78 is 15.6. The van der Waals surface area contributed by atoms with E-state index in [1.54, 1.807) is 18.5 Å². The van der Waals surface area contributed by atoms with Gasteiger partial charge in [-0.3, -0.25) is 0 Å². The predicted octanol–water partition coefficient (Wildman–Crippen LogP) is 4.89. The molecule has 2 aromatic heterocycles. The maximum atomic E-state index is 13.4. The number of rotatable bonds is 6. The van der Waals surface area contributed by atoms with E-state index in [9.17, 15) is 4.39 Å². The van der Waals surface area contributed by atoms with Crippen molar-refractivity contribution in [3.63, 3.8) is 0 Å². The smallest absolute Gasteiger partial charge is 0.146 e. The summed E-state index contributed by atoms with van der Waals surface area (Å²) in [6.45, 7) is 5.69. The zero-order valence-corrected chi connectivity index (χ0v) is 16.1. The molecule has 4 rings (SSSR count). The molecule has 4 nitrogen and oxygen atoms in total. The average molecular weight is 374 g/mol. The highest BCUT2D eigenvalue weighted by Gasteiger charge is 2.16. The Kier molecular flexibility index (Phi) is 5.06. The quantitative estimate of drug-likeness (QED) is 0.522. The lowest BCUT2D eigenvalue weighted by Gasteiger charge is -2.09. The van der Waals surface area contributed by atoms with Gasteiger partial charge in [-0.1, -0.05) is 42.5 Å². The first-order valence-corrected chi connectivity index (χ1v) is 9.46. The van der Waals surface area contributed by atoms with Crippen molar-refractivity contribution in [1.82, 2.24) is 14.5 Å². The second kappa shape index (κ2) is 7.80. The van der Waals surface area contributed by atoms with Crippen molar-refractivity contribution in [3.05, 3.63) is 89.1 Å². The minimum absolute atomic E-state index is 0.202. The lowest BCUT2D eigenvalue weighted by molar-refractivity contribution is 0.625. The van der Waals surface area contributed by atoms with Gasteiger partial charge in [-0.15, -0.1) is 0 Å². The Balaban J connectivity index is 1.60. The SMILES string of the molecule is Cc1c(C)n(Cc2ccccc2)c2ncnc(NCCc3cccc(F)c3)c12. The van der Waals surface area contributed by atoms with Crippen molar-refractivity contribution in [1.29, 1.82) is 0 Å². The van der Waals surface area contributed by atoms with Crippen molar-refractivity contribution >= 4 is 16.9 Å². The van der Waals surface area contributed by atoms with Crippen molar-refractivity contribution in [2.24, 2.45) is 0 Å². The number of aromatic nitrogens is 3. The molecule has 142 valence electrons. The molecule has 2 heterocycles. The summed E-state index contributed by atoms with van der Waals surface area (Å²) in [7, 11) is 0. The van der Waals surface area contributed by atoms with Gasteiger partial charge in [0.25, 0.3) is 0 Å². The molecule has 4 aromatic rings. The van der Waals surface area contributed by atoms with Gasteiger partial charge < -0.3 is 9.88 Å². The van der Waals surface area contributed by atoms with E-state index in [4.69, 9.17) is 0 Å². The molecular weight excluding hydrogens is 351 g/mol. The van der Waals surface area contributed by atoms with Gasteiger partial charge in [0.05, 0.1) is 5.39 Å². The van der Waals surface area contributed by atoms with Crippen molar-refractivity contribution in [3.8, 4) is 0 Å². The van der Waals surface area contributed by atoms with E-state index in [0.717, 1.165) is 35.4 Å². The Hall–Kier alpha value is -3.21. The topological polar surface area (TPSA) is 42.7 Å². The van der Waals surface area contributed by atoms with E-state index in [1.807, 2.05) is 12.1 Å². The monoisotopic (exact) mass is 374 g/mol. The van der Waals surface area contributed by atoms with Gasteiger partial charge in [0.1, 0.15) is 23.6 Å². The third-order valence-electron chi connectivity index (χ3n) is 5.18. The maximum Gasteiger partial charge on any atom is 0.146 e. The zero-order chi connectivity index (χ0) is 19.5. The third-order valence-corrected chi connectivity index (χ3v) is 5.18. The standard InChI is InChI=1S/C23H23FN4/c1-16-17(2)28(14-19-7-4-3-5-8-19)23-21(16)22(26-15-27-23)25-12-11-18-9-6-10-20(24)13-18/h3-10,13,15H,11-12,14H2,1-2H3,(H,25,26,27). The summed E-state index contributed by atoms with van der Waals surface area (Å²) >= 11 is 0. The molecule has 0 aliphatic heterocycles. The summed E-state index contributed by atoms with van der Waals surface area (Å²) in [6, 6.07) is 17.1. The average Bonchev–Trinajstić information content (AvgIpc) is 2.94. The molecule has 0 aliphatic rings. The summed E-state index contributed by atoms with van der Waals surface area (Å²) in [5.74, 6) is 0.625. The maximum absolute atomic E-state index is 13.4. The molecule has 0 bridgehead atoms. The summed E-state index contributed by atoms with van der Waals surface area (Å²) in [6.07, 6.45) is 2.33. The molecule has 0 aliphatic carbocycles. The summed E-state index contributed by atoms with van der Waals surface area (Å²) in [5.41, 5.74) is 5.50. The fourth-order valence-corrected chi connectivity index (χ4v) is 3.58. The molecule has 28 heavy (non-hydrogen) atoms. The van der Waals surface area contributed by atoms with Crippen LogP contribution in [-0.2, 0) is 13.0 Å². The van der Waals surface area contributed by atoms with Gasteiger partial charge in [0.2, 0.25) is 0 Å². The minimum Gasteiger partial charge on any atom is -0.369 e. The van der Waals surface area contributed by atoms with Crippen LogP contribution in [0.4, 0.5) is 10.2 Å². The second-order valence-corrected chi connectivity index (χ2v) is 7.01. The first-order chi connectivity index (χ1) is 13.6. The Labute approximate surface area is 164 Å². The van der Waals surface area contributed by atoms with Crippen LogP contribution >= 0.6 is 0 Å². The molecular formula is C23H23FN4. The molecule has 0 unspecified atom stereocenters. The van der Waals surface area contributed by atoms with Crippen molar-refractivity contribution in [2.45, 2.75) is 26.8 Å². The highest BCUT2D eigenvalue weighted by Crippen LogP contribution is 2.29. The Morgan fingerprint density at radius 1 is 0.964 bits per heavy atom. The predicted molar refractivity (Wildman–Crippen MR) is 111 cm³/mol. The van der Waals surface area contributed by atoms with Crippen LogP contribution in [0.3, 0.4) is 0 Å². The molecule has 2 aromatic carbocycles. The van der Waals surface area contributed by atoms with Crippen LogP contribution < -0.4 is 5.32 Å². The van der Waals surface area contributed by atoms with Crippen LogP contribution in [-0.4, -0.2) is 21.1 Å². The first kappa shape index (κ1) is 18.2. The molecule has 0 atom stereocenters. The summed E-state index contributed by atoms with van der Waals surface area (Å²) in [4.78, 5) is 9.03. The first-order valence-electron chi connectivity index (χ1n) is 9.46. The van der Waals surface area contributed by atoms with E-state index in [1.165, 1.54) is 22.9 Å². The molecule has 5 heteroatoms. The van der Waals surface area contributed by atoms with Gasteiger partial charge in [-0.2, -0.15) is 0 Å². The van der Waals surface area contributed by atoms with Crippen LogP contribution in [0.1, 0.15) is 22.4 Å². The van der Waals surface area contributed by atoms with Gasteiger partial charge in [0.15, 0.2) is 0 Å². The van der Waals surface area contributed by atoms with Gasteiger partial charge in [-0.05, 0) is 49.1 Å². The van der Waals surface area contributed by atoms with E-state index in [2.05, 4.69) is 58.0 Å². The lowest BCUT2D eigenvalue weighted by Crippen LogP contribution is -2.08. The Morgan fingerprint density at radius 2 is 1.75 bits per heavy atom. The van der Waals surface area contributed by atoms with Crippen LogP contribution in [0, 0.1) is 19.7 Å². The highest BCUT2D eigenvalue weighted by atomic mass is 19.1. The van der Waals surface area contributed by atoms with Crippen molar-refractivity contribution in [2.75, 3.05) is 11.9 Å². The number of fused-ring (bicyclic) bond motifs is 1. The highest BCUT2D eigenvalue weighted by molar-refractivity contribution is 5.91. The third kappa shape index (κ3) is 3.60. The number of hydrogen-bond acceptors (Lipinski definition) is 3. The molecule has 0 saturated heterocycles. The summed E-state index contributed by atoms with van der Waals surface area (Å²) in [5, 5.41) is 4.47. The van der Waals surface area contributed by atoms with Crippen LogP contribution in [0.25, 0.3) is 11.0 Å². The van der Waals surface area contributed by atoms with E-state index >= 15 is 0 Å². The zero-order valence-electron chi connectivity index (χ0n) is 16.1. The molecule has 0 radical (unpaired) electrons. The van der Waals surface area contributed by atoms with E-state index in [0.29, 0.717) is 6.54 Å². The molecule has 0 fully saturated rings. The number of halogens is 1. The molecule has 0 saturated carbocycles. The Morgan fingerprint density at radius 3 is 2.54 bits per heavy atom. The largest absolute Gasteiger partial charge is 0.369 e. The number of anilines is 1. The van der Waals surface area contributed by atoms with E-state index in [-0.39, 0.29) is 5.82 Å². The molecule has 0 amide bonds. The minimum atomic E-state index is -0.202. The van der Waals surface area contributed by atoms with Gasteiger partial charge in [-0.25, -0.2) is 14.4 Å². The number of nitrogens with one attached hydrogen (secondary N) is 1. The van der Waals surface area contributed by atoms with Crippen molar-refractivity contribution < 1.29 is 4.39 Å². The van der Waals surface area contributed by atoms with Gasteiger partial charge >= 0.3 is 0 Å². The number of hydrogen-bond donors (Lipinski definition) is 1.